The average molecular weight is 486 g/mol. The van der Waals surface area contributed by atoms with Crippen molar-refractivity contribution >= 4 is 60.0 Å². The van der Waals surface area contributed by atoms with E-state index >= 15 is 0 Å². The molecule has 0 aliphatic heterocycles. The van der Waals surface area contributed by atoms with Gasteiger partial charge in [0.2, 0.25) is 5.28 Å². The zero-order valence-corrected chi connectivity index (χ0v) is 17.0. The van der Waals surface area contributed by atoms with Crippen molar-refractivity contribution in [1.82, 2.24) is 15.0 Å². The van der Waals surface area contributed by atoms with Crippen LogP contribution in [0.4, 0.5) is 24.1 Å². The van der Waals surface area contributed by atoms with E-state index in [0.29, 0.717) is 16.6 Å². The Morgan fingerprint density at radius 1 is 1.00 bits per heavy atom. The van der Waals surface area contributed by atoms with E-state index in [2.05, 4.69) is 36.2 Å². The molecule has 0 fully saturated rings. The number of anilines is 2. The monoisotopic (exact) mass is 484 g/mol. The minimum atomic E-state index is -1.52. The number of fused-ring (bicyclic) bond motifs is 1. The Hall–Kier alpha value is -2.23. The van der Waals surface area contributed by atoms with Gasteiger partial charge in [0, 0.05) is 17.0 Å². The summed E-state index contributed by atoms with van der Waals surface area (Å²) in [5, 5.41) is 3.57. The van der Waals surface area contributed by atoms with E-state index in [1.807, 2.05) is 18.2 Å². The smallest absolute Gasteiger partial charge is 0.224 e. The lowest BCUT2D eigenvalue weighted by Crippen LogP contribution is -2.03. The molecular weight excluding hydrogens is 477 g/mol. The molecule has 0 unspecified atom stereocenters. The summed E-state index contributed by atoms with van der Waals surface area (Å²) in [7, 11) is 0. The van der Waals surface area contributed by atoms with Gasteiger partial charge < -0.3 is 5.32 Å². The number of hydrogen-bond donors (Lipinski definition) is 1. The van der Waals surface area contributed by atoms with Crippen molar-refractivity contribution in [3.63, 3.8) is 0 Å². The molecule has 142 valence electrons. The van der Waals surface area contributed by atoms with Crippen molar-refractivity contribution < 1.29 is 13.2 Å². The Balaban J connectivity index is 1.62. The Kier molecular flexibility index (Phi) is 5.22. The average Bonchev–Trinajstić information content (AvgIpc) is 3.03. The van der Waals surface area contributed by atoms with Crippen LogP contribution in [0.15, 0.2) is 40.9 Å². The molecule has 1 N–H and O–H groups in total. The molecule has 4 nitrogen and oxygen atoms in total. The van der Waals surface area contributed by atoms with Crippen molar-refractivity contribution in [3.8, 4) is 0 Å². The van der Waals surface area contributed by atoms with E-state index in [1.54, 1.807) is 6.07 Å². The summed E-state index contributed by atoms with van der Waals surface area (Å²) in [5.41, 5.74) is 1.13. The molecule has 4 aromatic rings. The second-order valence-corrected chi connectivity index (χ2v) is 8.07. The van der Waals surface area contributed by atoms with Gasteiger partial charge >= 0.3 is 0 Å². The van der Waals surface area contributed by atoms with Gasteiger partial charge in [0.15, 0.2) is 22.6 Å². The Labute approximate surface area is 174 Å². The third-order valence-corrected chi connectivity index (χ3v) is 5.42. The molecule has 10 heteroatoms. The summed E-state index contributed by atoms with van der Waals surface area (Å²) in [6, 6.07) is 9.31. The number of hydrogen-bond acceptors (Lipinski definition) is 5. The largest absolute Gasteiger partial charge is 0.316 e. The maximum Gasteiger partial charge on any atom is 0.224 e. The van der Waals surface area contributed by atoms with E-state index < -0.39 is 17.5 Å². The zero-order chi connectivity index (χ0) is 19.8. The fourth-order valence-electron chi connectivity index (χ4n) is 2.58. The van der Waals surface area contributed by atoms with Crippen molar-refractivity contribution in [2.75, 3.05) is 5.32 Å². The van der Waals surface area contributed by atoms with Gasteiger partial charge in [0.05, 0.1) is 15.9 Å². The first-order chi connectivity index (χ1) is 13.4. The standard InChI is InChI=1S/C18H9BrClF3N4S/c19-9-2-4-12-13(6-9)28-18(25-12)27-14-7-10(24-17(20)26-14)5-8-1-3-11(21)16(23)15(8)22/h1-4,6-7H,5H2,(H,24,25,26,27). The Morgan fingerprint density at radius 2 is 1.82 bits per heavy atom. The molecule has 0 bridgehead atoms. The number of halogens is 5. The van der Waals surface area contributed by atoms with Gasteiger partial charge in [-0.2, -0.15) is 0 Å². The number of nitrogens with zero attached hydrogens (tertiary/aromatic N) is 3. The first-order valence-electron chi connectivity index (χ1n) is 7.88. The third kappa shape index (κ3) is 3.96. The van der Waals surface area contributed by atoms with Crippen LogP contribution in [0, 0.1) is 17.5 Å². The highest BCUT2D eigenvalue weighted by Crippen LogP contribution is 2.30. The van der Waals surface area contributed by atoms with Crippen molar-refractivity contribution in [3.05, 3.63) is 74.9 Å². The van der Waals surface area contributed by atoms with Crippen molar-refractivity contribution in [2.45, 2.75) is 6.42 Å². The molecule has 0 radical (unpaired) electrons. The molecule has 0 spiro atoms. The van der Waals surface area contributed by atoms with E-state index in [4.69, 9.17) is 11.6 Å². The maximum atomic E-state index is 13.9. The van der Waals surface area contributed by atoms with Gasteiger partial charge in [-0.25, -0.2) is 28.1 Å². The lowest BCUT2D eigenvalue weighted by Gasteiger charge is -2.07. The summed E-state index contributed by atoms with van der Waals surface area (Å²) < 4.78 is 42.4. The highest BCUT2D eigenvalue weighted by atomic mass is 79.9. The topological polar surface area (TPSA) is 50.7 Å². The number of thiazole rings is 1. The first-order valence-corrected chi connectivity index (χ1v) is 9.87. The number of nitrogens with one attached hydrogen (secondary N) is 1. The molecule has 4 rings (SSSR count). The van der Waals surface area contributed by atoms with Crippen LogP contribution in [0.3, 0.4) is 0 Å². The van der Waals surface area contributed by atoms with Gasteiger partial charge in [0.1, 0.15) is 5.82 Å². The van der Waals surface area contributed by atoms with Gasteiger partial charge in [-0.05, 0) is 41.4 Å². The number of benzene rings is 2. The molecule has 28 heavy (non-hydrogen) atoms. The van der Waals surface area contributed by atoms with Crippen LogP contribution >= 0.6 is 38.9 Å². The van der Waals surface area contributed by atoms with Crippen LogP contribution < -0.4 is 5.32 Å². The van der Waals surface area contributed by atoms with Crippen molar-refractivity contribution in [2.24, 2.45) is 0 Å². The maximum absolute atomic E-state index is 13.9. The molecule has 0 saturated carbocycles. The SMILES string of the molecule is Fc1ccc(Cc2cc(Nc3nc4ccc(Br)cc4s3)nc(Cl)n2)c(F)c1F. The molecule has 0 aliphatic rings. The van der Waals surface area contributed by atoms with Crippen LogP contribution in [0.1, 0.15) is 11.3 Å². The predicted molar refractivity (Wildman–Crippen MR) is 107 cm³/mol. The molecule has 2 aromatic carbocycles. The van der Waals surface area contributed by atoms with E-state index in [0.717, 1.165) is 20.8 Å². The lowest BCUT2D eigenvalue weighted by atomic mass is 10.1. The highest BCUT2D eigenvalue weighted by molar-refractivity contribution is 9.10. The molecular formula is C18H9BrClF3N4S. The van der Waals surface area contributed by atoms with Gasteiger partial charge in [-0.15, -0.1) is 0 Å². The van der Waals surface area contributed by atoms with Crippen LogP contribution in [-0.2, 0) is 6.42 Å². The molecule has 0 amide bonds. The molecule has 0 aliphatic carbocycles. The normalized spacial score (nSPS) is 11.2. The Bertz CT molecular complexity index is 1200. The first kappa shape index (κ1) is 19.1. The molecule has 2 heterocycles. The Morgan fingerprint density at radius 3 is 2.64 bits per heavy atom. The van der Waals surface area contributed by atoms with Crippen LogP contribution in [-0.4, -0.2) is 15.0 Å². The van der Waals surface area contributed by atoms with Crippen LogP contribution in [0.2, 0.25) is 5.28 Å². The lowest BCUT2D eigenvalue weighted by molar-refractivity contribution is 0.442. The predicted octanol–water partition coefficient (Wildman–Crippen LogP) is 6.25. The quantitative estimate of drug-likeness (QED) is 0.274. The molecule has 0 atom stereocenters. The van der Waals surface area contributed by atoms with Crippen molar-refractivity contribution in [1.29, 1.82) is 0 Å². The van der Waals surface area contributed by atoms with E-state index in [1.165, 1.54) is 17.4 Å². The van der Waals surface area contributed by atoms with E-state index in [-0.39, 0.29) is 17.3 Å². The van der Waals surface area contributed by atoms with Gasteiger partial charge in [0.25, 0.3) is 0 Å². The summed E-state index contributed by atoms with van der Waals surface area (Å²) in [5.74, 6) is -3.65. The van der Waals surface area contributed by atoms with E-state index in [9.17, 15) is 13.2 Å². The summed E-state index contributed by atoms with van der Waals surface area (Å²) in [6.45, 7) is 0. The second kappa shape index (κ2) is 7.65. The number of aromatic nitrogens is 3. The number of rotatable bonds is 4. The van der Waals surface area contributed by atoms with Gasteiger partial charge in [-0.1, -0.05) is 33.3 Å². The van der Waals surface area contributed by atoms with Crippen LogP contribution in [0.5, 0.6) is 0 Å². The minimum absolute atomic E-state index is 0.0375. The fourth-order valence-corrected chi connectivity index (χ4v) is 4.20. The van der Waals surface area contributed by atoms with Crippen LogP contribution in [0.25, 0.3) is 10.2 Å². The summed E-state index contributed by atoms with van der Waals surface area (Å²) in [6.07, 6.45) is -0.0766. The van der Waals surface area contributed by atoms with Gasteiger partial charge in [-0.3, -0.25) is 0 Å². The second-order valence-electron chi connectivity index (χ2n) is 5.78. The zero-order valence-electron chi connectivity index (χ0n) is 13.8. The highest BCUT2D eigenvalue weighted by Gasteiger charge is 2.15. The fraction of sp³-hybridized carbons (Fsp3) is 0.0556. The molecule has 0 saturated heterocycles. The molecule has 2 aromatic heterocycles. The summed E-state index contributed by atoms with van der Waals surface area (Å²) >= 11 is 10.8. The minimum Gasteiger partial charge on any atom is -0.316 e. The third-order valence-electron chi connectivity index (χ3n) is 3.82. The summed E-state index contributed by atoms with van der Waals surface area (Å²) in [4.78, 5) is 12.6.